The summed E-state index contributed by atoms with van der Waals surface area (Å²) < 4.78 is 33.6. The van der Waals surface area contributed by atoms with Crippen LogP contribution < -0.4 is 4.72 Å². The van der Waals surface area contributed by atoms with E-state index in [4.69, 9.17) is 21.3 Å². The lowest BCUT2D eigenvalue weighted by Gasteiger charge is -2.10. The summed E-state index contributed by atoms with van der Waals surface area (Å²) in [6.45, 7) is 2.09. The molecule has 0 aliphatic carbocycles. The van der Waals surface area contributed by atoms with Crippen LogP contribution in [-0.4, -0.2) is 30.7 Å². The summed E-state index contributed by atoms with van der Waals surface area (Å²) in [6, 6.07) is 23.7. The second-order valence-corrected chi connectivity index (χ2v) is 9.78. The Labute approximate surface area is 209 Å². The average Bonchev–Trinajstić information content (AvgIpc) is 3.29. The Morgan fingerprint density at radius 3 is 2.37 bits per heavy atom. The number of benzene rings is 3. The van der Waals surface area contributed by atoms with E-state index in [1.54, 1.807) is 6.07 Å². The molecule has 4 rings (SSSR count). The fourth-order valence-electron chi connectivity index (χ4n) is 3.58. The van der Waals surface area contributed by atoms with Crippen molar-refractivity contribution in [1.82, 2.24) is 14.3 Å². The number of carbonyl (C=O) groups is 1. The van der Waals surface area contributed by atoms with Gasteiger partial charge in [0.2, 0.25) is 0 Å². The molecule has 0 bridgehead atoms. The summed E-state index contributed by atoms with van der Waals surface area (Å²) in [5.41, 5.74) is 3.89. The smallest absolute Gasteiger partial charge is 0.421 e. The van der Waals surface area contributed by atoms with Crippen LogP contribution in [0, 0.1) is 0 Å². The first kappa shape index (κ1) is 24.5. The minimum atomic E-state index is -4.11. The van der Waals surface area contributed by atoms with Gasteiger partial charge in [0, 0.05) is 30.3 Å². The van der Waals surface area contributed by atoms with E-state index in [2.05, 4.69) is 11.5 Å². The first-order chi connectivity index (χ1) is 16.9. The average molecular weight is 510 g/mol. The number of imidazole rings is 1. The minimum absolute atomic E-state index is 0.0205. The van der Waals surface area contributed by atoms with Crippen LogP contribution in [0.1, 0.15) is 18.3 Å². The molecule has 0 aliphatic rings. The van der Waals surface area contributed by atoms with Gasteiger partial charge in [-0.1, -0.05) is 73.1 Å². The monoisotopic (exact) mass is 509 g/mol. The van der Waals surface area contributed by atoms with Gasteiger partial charge in [0.05, 0.1) is 17.3 Å². The first-order valence-corrected chi connectivity index (χ1v) is 12.9. The van der Waals surface area contributed by atoms with Gasteiger partial charge in [-0.3, -0.25) is 0 Å². The molecule has 1 amide bonds. The molecule has 0 spiro atoms. The van der Waals surface area contributed by atoms with Crippen LogP contribution in [0.3, 0.4) is 0 Å². The fourth-order valence-corrected chi connectivity index (χ4v) is 4.99. The largest absolute Gasteiger partial charge is 0.448 e. The maximum Gasteiger partial charge on any atom is 0.421 e. The van der Waals surface area contributed by atoms with E-state index in [9.17, 15) is 13.2 Å². The number of amides is 1. The van der Waals surface area contributed by atoms with Crippen LogP contribution in [0.4, 0.5) is 4.79 Å². The minimum Gasteiger partial charge on any atom is -0.448 e. The maximum atomic E-state index is 12.3. The lowest BCUT2D eigenvalue weighted by atomic mass is 10.1. The number of ether oxygens (including phenoxy) is 1. The molecule has 0 aliphatic heterocycles. The fraction of sp³-hybridized carbons (Fsp3) is 0.154. The van der Waals surface area contributed by atoms with Gasteiger partial charge in [-0.05, 0) is 29.8 Å². The van der Waals surface area contributed by atoms with Crippen molar-refractivity contribution in [3.63, 3.8) is 0 Å². The number of nitrogens with zero attached hydrogens (tertiary/aromatic N) is 2. The number of carbonyl (C=O) groups excluding carboxylic acids is 1. The summed E-state index contributed by atoms with van der Waals surface area (Å²) in [5.74, 6) is 0.955. The number of halogens is 1. The van der Waals surface area contributed by atoms with Crippen molar-refractivity contribution in [2.75, 3.05) is 6.61 Å². The second kappa shape index (κ2) is 10.8. The molecule has 1 aromatic heterocycles. The third-order valence-electron chi connectivity index (χ3n) is 5.35. The molecule has 0 saturated carbocycles. The lowest BCUT2D eigenvalue weighted by molar-refractivity contribution is 0.154. The molecule has 0 atom stereocenters. The Morgan fingerprint density at radius 2 is 1.69 bits per heavy atom. The van der Waals surface area contributed by atoms with E-state index >= 15 is 0 Å². The Kier molecular flexibility index (Phi) is 7.53. The molecule has 0 saturated heterocycles. The Hall–Kier alpha value is -3.62. The first-order valence-electron chi connectivity index (χ1n) is 11.0. The predicted octanol–water partition coefficient (Wildman–Crippen LogP) is 5.41. The molecule has 0 radical (unpaired) electrons. The molecule has 9 heteroatoms. The molecule has 35 heavy (non-hydrogen) atoms. The molecule has 1 heterocycles. The van der Waals surface area contributed by atoms with Crippen LogP contribution in [0.2, 0.25) is 5.02 Å². The summed E-state index contributed by atoms with van der Waals surface area (Å²) in [7, 11) is -4.11. The Balaban J connectivity index is 1.36. The van der Waals surface area contributed by atoms with Gasteiger partial charge in [0.25, 0.3) is 10.0 Å². The highest BCUT2D eigenvalue weighted by atomic mass is 35.5. The van der Waals surface area contributed by atoms with Crippen LogP contribution in [0.15, 0.2) is 90.0 Å². The second-order valence-electron chi connectivity index (χ2n) is 7.72. The van der Waals surface area contributed by atoms with Gasteiger partial charge in [0.15, 0.2) is 0 Å². The molecular weight excluding hydrogens is 486 g/mol. The zero-order valence-electron chi connectivity index (χ0n) is 19.0. The maximum absolute atomic E-state index is 12.3. The number of hydrogen-bond acceptors (Lipinski definition) is 5. The summed E-state index contributed by atoms with van der Waals surface area (Å²) in [6.07, 6.45) is 2.19. The molecule has 180 valence electrons. The number of hydrogen-bond donors (Lipinski definition) is 1. The van der Waals surface area contributed by atoms with Crippen LogP contribution in [0.5, 0.6) is 0 Å². The molecule has 4 aromatic rings. The van der Waals surface area contributed by atoms with Crippen LogP contribution in [0.25, 0.3) is 16.9 Å². The number of aromatic nitrogens is 2. The van der Waals surface area contributed by atoms with Crippen molar-refractivity contribution in [3.05, 3.63) is 101 Å². The zero-order valence-corrected chi connectivity index (χ0v) is 20.6. The van der Waals surface area contributed by atoms with Gasteiger partial charge < -0.3 is 9.30 Å². The number of sulfonamides is 1. The van der Waals surface area contributed by atoms with Gasteiger partial charge in [-0.15, -0.1) is 0 Å². The van der Waals surface area contributed by atoms with Crippen LogP contribution in [-0.2, 0) is 27.6 Å². The van der Waals surface area contributed by atoms with E-state index < -0.39 is 16.1 Å². The third-order valence-corrected chi connectivity index (χ3v) is 7.16. The SMILES string of the molecule is CCc1nc(-c2ccccc2)cn1-c1ccc(CCOC(=O)NS(=O)(=O)c2ccccc2Cl)cc1. The highest BCUT2D eigenvalue weighted by Crippen LogP contribution is 2.23. The van der Waals surface area contributed by atoms with Gasteiger partial charge >= 0.3 is 6.09 Å². The van der Waals surface area contributed by atoms with E-state index in [0.29, 0.717) is 6.42 Å². The standard InChI is InChI=1S/C26H24ClN3O4S/c1-2-25-28-23(20-8-4-3-5-9-20)18-30(25)21-14-12-19(13-15-21)16-17-34-26(31)29-35(32,33)24-11-7-6-10-22(24)27/h3-15,18H,2,16-17H2,1H3,(H,29,31). The van der Waals surface area contributed by atoms with Crippen molar-refractivity contribution in [3.8, 4) is 16.9 Å². The van der Waals surface area contributed by atoms with E-state index in [1.165, 1.54) is 18.2 Å². The van der Waals surface area contributed by atoms with E-state index in [0.717, 1.165) is 34.8 Å². The molecule has 3 aromatic carbocycles. The molecular formula is C26H24ClN3O4S. The Bertz CT molecular complexity index is 1420. The molecule has 1 N–H and O–H groups in total. The van der Waals surface area contributed by atoms with Gasteiger partial charge in [0.1, 0.15) is 10.7 Å². The van der Waals surface area contributed by atoms with E-state index in [-0.39, 0.29) is 16.5 Å². The zero-order chi connectivity index (χ0) is 24.8. The summed E-state index contributed by atoms with van der Waals surface area (Å²) in [4.78, 5) is 16.6. The molecule has 0 unspecified atom stereocenters. The van der Waals surface area contributed by atoms with Crippen molar-refractivity contribution < 1.29 is 17.9 Å². The van der Waals surface area contributed by atoms with Crippen molar-refractivity contribution in [2.45, 2.75) is 24.7 Å². The topological polar surface area (TPSA) is 90.3 Å². The van der Waals surface area contributed by atoms with Crippen molar-refractivity contribution >= 4 is 27.7 Å². The molecule has 7 nitrogen and oxygen atoms in total. The van der Waals surface area contributed by atoms with Crippen molar-refractivity contribution in [1.29, 1.82) is 0 Å². The van der Waals surface area contributed by atoms with Gasteiger partial charge in [-0.25, -0.2) is 22.9 Å². The number of nitrogens with one attached hydrogen (secondary N) is 1. The molecule has 0 fully saturated rings. The quantitative estimate of drug-likeness (QED) is 0.343. The van der Waals surface area contributed by atoms with Gasteiger partial charge in [-0.2, -0.15) is 0 Å². The highest BCUT2D eigenvalue weighted by Gasteiger charge is 2.21. The Morgan fingerprint density at radius 1 is 1.00 bits per heavy atom. The number of rotatable bonds is 8. The summed E-state index contributed by atoms with van der Waals surface area (Å²) >= 11 is 5.91. The highest BCUT2D eigenvalue weighted by molar-refractivity contribution is 7.90. The summed E-state index contributed by atoms with van der Waals surface area (Å²) in [5, 5.41) is 0.0212. The van der Waals surface area contributed by atoms with E-state index in [1.807, 2.05) is 65.5 Å². The lowest BCUT2D eigenvalue weighted by Crippen LogP contribution is -2.31. The van der Waals surface area contributed by atoms with Crippen LogP contribution >= 0.6 is 11.6 Å². The predicted molar refractivity (Wildman–Crippen MR) is 135 cm³/mol. The van der Waals surface area contributed by atoms with Crippen molar-refractivity contribution in [2.24, 2.45) is 0 Å². The number of aryl methyl sites for hydroxylation is 1. The normalized spacial score (nSPS) is 11.3. The third kappa shape index (κ3) is 5.90.